The van der Waals surface area contributed by atoms with Crippen LogP contribution in [0.1, 0.15) is 6.92 Å². The first-order valence-electron chi connectivity index (χ1n) is 5.78. The topological polar surface area (TPSA) is 85.2 Å². The first kappa shape index (κ1) is 12.9. The molecule has 0 radical (unpaired) electrons. The van der Waals surface area contributed by atoms with Gasteiger partial charge in [0.15, 0.2) is 0 Å². The smallest absolute Gasteiger partial charge is 0.413 e. The quantitative estimate of drug-likeness (QED) is 0.864. The van der Waals surface area contributed by atoms with Crippen LogP contribution in [0.3, 0.4) is 0 Å². The summed E-state index contributed by atoms with van der Waals surface area (Å²) in [4.78, 5) is 27.5. The lowest BCUT2D eigenvalue weighted by atomic mass is 10.3. The summed E-state index contributed by atoms with van der Waals surface area (Å²) >= 11 is 0. The van der Waals surface area contributed by atoms with Crippen molar-refractivity contribution in [3.05, 3.63) is 24.3 Å². The molecule has 2 amide bonds. The summed E-state index contributed by atoms with van der Waals surface area (Å²) in [5.74, 6) is 0.124. The van der Waals surface area contributed by atoms with Gasteiger partial charge in [-0.15, -0.1) is 0 Å². The second kappa shape index (κ2) is 5.38. The van der Waals surface area contributed by atoms with E-state index in [-0.39, 0.29) is 12.0 Å². The molecule has 0 fully saturated rings. The van der Waals surface area contributed by atoms with Crippen molar-refractivity contribution in [3.8, 4) is 0 Å². The third kappa shape index (κ3) is 2.49. The summed E-state index contributed by atoms with van der Waals surface area (Å²) in [7, 11) is 1.24. The number of para-hydroxylation sites is 2. The number of carbonyl (C=O) groups excluding carboxylic acids is 2. The zero-order valence-corrected chi connectivity index (χ0v) is 10.6. The number of benzene rings is 1. The molecule has 0 spiro atoms. The van der Waals surface area contributed by atoms with Gasteiger partial charge in [0.05, 0.1) is 18.1 Å². The number of nitrogens with one attached hydrogen (secondary N) is 2. The van der Waals surface area contributed by atoms with Crippen molar-refractivity contribution in [2.24, 2.45) is 0 Å². The SMILES string of the molecule is CCNC(=O)n1c(NC(=O)OC)nc2ccccc21. The molecule has 0 saturated heterocycles. The van der Waals surface area contributed by atoms with E-state index in [1.165, 1.54) is 11.7 Å². The van der Waals surface area contributed by atoms with Crippen LogP contribution in [0.25, 0.3) is 11.0 Å². The van der Waals surface area contributed by atoms with Gasteiger partial charge in [-0.3, -0.25) is 5.32 Å². The number of anilines is 1. The van der Waals surface area contributed by atoms with Gasteiger partial charge in [0.1, 0.15) is 0 Å². The van der Waals surface area contributed by atoms with E-state index in [1.54, 1.807) is 24.3 Å². The zero-order chi connectivity index (χ0) is 13.8. The van der Waals surface area contributed by atoms with E-state index in [1.807, 2.05) is 6.92 Å². The Kier molecular flexibility index (Phi) is 3.65. The van der Waals surface area contributed by atoms with Gasteiger partial charge in [0, 0.05) is 6.54 Å². The van der Waals surface area contributed by atoms with Crippen molar-refractivity contribution in [1.29, 1.82) is 0 Å². The fourth-order valence-electron chi connectivity index (χ4n) is 1.69. The van der Waals surface area contributed by atoms with Crippen molar-refractivity contribution in [3.63, 3.8) is 0 Å². The average Bonchev–Trinajstić information content (AvgIpc) is 2.76. The molecule has 7 nitrogen and oxygen atoms in total. The third-order valence-corrected chi connectivity index (χ3v) is 2.49. The molecule has 7 heteroatoms. The highest BCUT2D eigenvalue weighted by molar-refractivity contribution is 5.96. The molecule has 0 saturated carbocycles. The summed E-state index contributed by atoms with van der Waals surface area (Å²) in [6, 6.07) is 6.75. The number of nitrogens with zero attached hydrogens (tertiary/aromatic N) is 2. The Morgan fingerprint density at radius 1 is 1.37 bits per heavy atom. The van der Waals surface area contributed by atoms with Crippen LogP contribution in [0.4, 0.5) is 15.5 Å². The van der Waals surface area contributed by atoms with E-state index in [0.29, 0.717) is 17.6 Å². The highest BCUT2D eigenvalue weighted by atomic mass is 16.5. The maximum atomic E-state index is 12.0. The average molecular weight is 262 g/mol. The summed E-state index contributed by atoms with van der Waals surface area (Å²) in [6.07, 6.45) is -0.680. The standard InChI is InChI=1S/C12H14N4O3/c1-3-13-11(17)16-9-7-5-4-6-8(9)14-10(16)15-12(18)19-2/h4-7H,3H2,1-2H3,(H,13,17)(H,14,15,18). The van der Waals surface area contributed by atoms with E-state index in [0.717, 1.165) is 0 Å². The number of imidazole rings is 1. The first-order chi connectivity index (χ1) is 9.17. The molecule has 2 rings (SSSR count). The minimum absolute atomic E-state index is 0.124. The molecule has 0 bridgehead atoms. The van der Waals surface area contributed by atoms with Gasteiger partial charge < -0.3 is 10.1 Å². The number of fused-ring (bicyclic) bond motifs is 1. The second-order valence-electron chi connectivity index (χ2n) is 3.71. The first-order valence-corrected chi connectivity index (χ1v) is 5.78. The van der Waals surface area contributed by atoms with Gasteiger partial charge in [-0.1, -0.05) is 12.1 Å². The Morgan fingerprint density at radius 3 is 2.79 bits per heavy atom. The number of hydrogen-bond acceptors (Lipinski definition) is 4. The minimum atomic E-state index is -0.680. The predicted octanol–water partition coefficient (Wildman–Crippen LogP) is 1.79. The van der Waals surface area contributed by atoms with Crippen molar-refractivity contribution in [2.75, 3.05) is 19.0 Å². The molecule has 1 aromatic carbocycles. The summed E-state index contributed by atoms with van der Waals surface area (Å²) in [5.41, 5.74) is 1.22. The molecule has 0 aliphatic heterocycles. The Morgan fingerprint density at radius 2 is 2.11 bits per heavy atom. The molecular formula is C12H14N4O3. The molecular weight excluding hydrogens is 248 g/mol. The molecule has 0 aliphatic carbocycles. The largest absolute Gasteiger partial charge is 0.453 e. The maximum Gasteiger partial charge on any atom is 0.413 e. The minimum Gasteiger partial charge on any atom is -0.453 e. The molecule has 0 unspecified atom stereocenters. The normalized spacial score (nSPS) is 10.2. The van der Waals surface area contributed by atoms with Gasteiger partial charge in [0.2, 0.25) is 5.95 Å². The molecule has 19 heavy (non-hydrogen) atoms. The van der Waals surface area contributed by atoms with E-state index >= 15 is 0 Å². The number of amides is 2. The van der Waals surface area contributed by atoms with Crippen molar-refractivity contribution in [2.45, 2.75) is 6.92 Å². The molecule has 0 aliphatic rings. The lowest BCUT2D eigenvalue weighted by Gasteiger charge is -2.08. The van der Waals surface area contributed by atoms with E-state index in [2.05, 4.69) is 20.4 Å². The fraction of sp³-hybridized carbons (Fsp3) is 0.250. The van der Waals surface area contributed by atoms with Crippen LogP contribution in [-0.4, -0.2) is 35.3 Å². The van der Waals surface area contributed by atoms with Gasteiger partial charge in [-0.05, 0) is 19.1 Å². The number of aromatic nitrogens is 2. The van der Waals surface area contributed by atoms with Crippen LogP contribution in [0.15, 0.2) is 24.3 Å². The van der Waals surface area contributed by atoms with Gasteiger partial charge in [0.25, 0.3) is 0 Å². The van der Waals surface area contributed by atoms with Crippen LogP contribution < -0.4 is 10.6 Å². The molecule has 2 aromatic rings. The molecule has 1 heterocycles. The number of hydrogen-bond donors (Lipinski definition) is 2. The van der Waals surface area contributed by atoms with Gasteiger partial charge >= 0.3 is 12.1 Å². The highest BCUT2D eigenvalue weighted by Crippen LogP contribution is 2.19. The molecule has 100 valence electrons. The number of ether oxygens (including phenoxy) is 1. The number of carbonyl (C=O) groups is 2. The summed E-state index contributed by atoms with van der Waals surface area (Å²) in [5, 5.41) is 5.08. The Bertz CT molecular complexity index is 620. The van der Waals surface area contributed by atoms with Crippen molar-refractivity contribution >= 4 is 29.1 Å². The lowest BCUT2D eigenvalue weighted by molar-refractivity contribution is 0.186. The predicted molar refractivity (Wildman–Crippen MR) is 70.2 cm³/mol. The fourth-order valence-corrected chi connectivity index (χ4v) is 1.69. The molecule has 2 N–H and O–H groups in total. The van der Waals surface area contributed by atoms with Crippen LogP contribution in [0.2, 0.25) is 0 Å². The molecule has 0 atom stereocenters. The monoisotopic (exact) mass is 262 g/mol. The second-order valence-corrected chi connectivity index (χ2v) is 3.71. The summed E-state index contributed by atoms with van der Waals surface area (Å²) in [6.45, 7) is 2.29. The van der Waals surface area contributed by atoms with Crippen molar-refractivity contribution < 1.29 is 14.3 Å². The van der Waals surface area contributed by atoms with Crippen LogP contribution >= 0.6 is 0 Å². The Labute approximate surface area is 109 Å². The Hall–Kier alpha value is -2.57. The number of methoxy groups -OCH3 is 1. The van der Waals surface area contributed by atoms with Crippen LogP contribution in [0.5, 0.6) is 0 Å². The van der Waals surface area contributed by atoms with Crippen LogP contribution in [-0.2, 0) is 4.74 Å². The van der Waals surface area contributed by atoms with Gasteiger partial charge in [-0.25, -0.2) is 19.1 Å². The van der Waals surface area contributed by atoms with Gasteiger partial charge in [-0.2, -0.15) is 0 Å². The summed E-state index contributed by atoms with van der Waals surface area (Å²) < 4.78 is 5.81. The Balaban J connectivity index is 2.51. The lowest BCUT2D eigenvalue weighted by Crippen LogP contribution is -2.30. The third-order valence-electron chi connectivity index (χ3n) is 2.49. The van der Waals surface area contributed by atoms with E-state index in [9.17, 15) is 9.59 Å². The highest BCUT2D eigenvalue weighted by Gasteiger charge is 2.17. The van der Waals surface area contributed by atoms with Crippen LogP contribution in [0, 0.1) is 0 Å². The molecule has 1 aromatic heterocycles. The van der Waals surface area contributed by atoms with E-state index in [4.69, 9.17) is 0 Å². The maximum absolute atomic E-state index is 12.0. The number of rotatable bonds is 2. The van der Waals surface area contributed by atoms with Crippen molar-refractivity contribution in [1.82, 2.24) is 14.9 Å². The van der Waals surface area contributed by atoms with E-state index < -0.39 is 6.09 Å². The zero-order valence-electron chi connectivity index (χ0n) is 10.6.